The molecule has 1 aliphatic heterocycles. The number of esters is 1. The highest BCUT2D eigenvalue weighted by Crippen LogP contribution is 2.30. The Kier molecular flexibility index (Phi) is 5.05. The monoisotopic (exact) mass is 384 g/mol. The molecule has 0 aliphatic carbocycles. The number of hydrogen-bond acceptors (Lipinski definition) is 5. The molecule has 7 heteroatoms. The summed E-state index contributed by atoms with van der Waals surface area (Å²) >= 11 is 1.50. The number of quaternary nitrogens is 1. The lowest BCUT2D eigenvalue weighted by molar-refractivity contribution is -0.920. The number of aromatic amines is 1. The summed E-state index contributed by atoms with van der Waals surface area (Å²) in [6, 6.07) is 9.91. The van der Waals surface area contributed by atoms with E-state index in [1.807, 2.05) is 35.7 Å². The highest BCUT2D eigenvalue weighted by atomic mass is 32.1. The average molecular weight is 384 g/mol. The molecule has 0 radical (unpaired) electrons. The maximum atomic E-state index is 12.7. The predicted molar refractivity (Wildman–Crippen MR) is 105 cm³/mol. The largest absolute Gasteiger partial charge is 0.469 e. The quantitative estimate of drug-likeness (QED) is 0.670. The Bertz CT molecular complexity index is 1000. The number of rotatable bonds is 4. The zero-order valence-electron chi connectivity index (χ0n) is 15.2. The van der Waals surface area contributed by atoms with Gasteiger partial charge in [0.2, 0.25) is 0 Å². The Labute approximate surface area is 160 Å². The molecule has 140 valence electrons. The average Bonchev–Trinajstić information content (AvgIpc) is 3.13. The van der Waals surface area contributed by atoms with Crippen LogP contribution in [0, 0.1) is 5.92 Å². The van der Waals surface area contributed by atoms with Crippen molar-refractivity contribution in [2.75, 3.05) is 20.2 Å². The first-order valence-electron chi connectivity index (χ1n) is 9.13. The van der Waals surface area contributed by atoms with Gasteiger partial charge < -0.3 is 14.6 Å². The van der Waals surface area contributed by atoms with E-state index in [4.69, 9.17) is 9.72 Å². The Morgan fingerprint density at radius 2 is 2.04 bits per heavy atom. The molecule has 3 aromatic rings. The van der Waals surface area contributed by atoms with Crippen LogP contribution in [0.5, 0.6) is 0 Å². The zero-order valence-corrected chi connectivity index (χ0v) is 16.0. The molecule has 3 heterocycles. The SMILES string of the molecule is COC(=O)C1CC[NH+](Cc2nc3scc(-c4ccccc4)c3c(=O)[nH]2)CC1. The fourth-order valence-corrected chi connectivity index (χ4v) is 4.72. The van der Waals surface area contributed by atoms with E-state index >= 15 is 0 Å². The fourth-order valence-electron chi connectivity index (χ4n) is 3.75. The molecule has 0 spiro atoms. The van der Waals surface area contributed by atoms with E-state index in [1.54, 1.807) is 0 Å². The summed E-state index contributed by atoms with van der Waals surface area (Å²) in [5, 5.41) is 2.66. The summed E-state index contributed by atoms with van der Waals surface area (Å²) in [5.74, 6) is 0.591. The molecule has 0 bridgehead atoms. The number of hydrogen-bond donors (Lipinski definition) is 2. The van der Waals surface area contributed by atoms with E-state index in [1.165, 1.54) is 23.3 Å². The van der Waals surface area contributed by atoms with Crippen molar-refractivity contribution in [1.29, 1.82) is 0 Å². The molecule has 0 atom stereocenters. The maximum Gasteiger partial charge on any atom is 0.309 e. The molecule has 27 heavy (non-hydrogen) atoms. The van der Waals surface area contributed by atoms with Gasteiger partial charge in [-0.25, -0.2) is 4.98 Å². The van der Waals surface area contributed by atoms with Crippen LogP contribution in [0.3, 0.4) is 0 Å². The van der Waals surface area contributed by atoms with Gasteiger partial charge in [0.15, 0.2) is 5.82 Å². The number of piperidine rings is 1. The van der Waals surface area contributed by atoms with Gasteiger partial charge >= 0.3 is 5.97 Å². The smallest absolute Gasteiger partial charge is 0.309 e. The van der Waals surface area contributed by atoms with Crippen molar-refractivity contribution in [3.8, 4) is 11.1 Å². The normalized spacial score (nSPS) is 19.9. The van der Waals surface area contributed by atoms with Crippen LogP contribution in [-0.4, -0.2) is 36.1 Å². The molecule has 0 saturated carbocycles. The van der Waals surface area contributed by atoms with Crippen LogP contribution in [-0.2, 0) is 16.1 Å². The van der Waals surface area contributed by atoms with E-state index in [0.717, 1.165) is 41.9 Å². The van der Waals surface area contributed by atoms with Gasteiger partial charge in [-0.3, -0.25) is 9.59 Å². The minimum atomic E-state index is -0.117. The first kappa shape index (κ1) is 17.9. The molecular weight excluding hydrogens is 362 g/mol. The van der Waals surface area contributed by atoms with Crippen molar-refractivity contribution in [3.05, 3.63) is 51.9 Å². The number of carbonyl (C=O) groups is 1. The molecule has 4 rings (SSSR count). The number of aromatic nitrogens is 2. The van der Waals surface area contributed by atoms with E-state index < -0.39 is 0 Å². The van der Waals surface area contributed by atoms with Crippen LogP contribution in [0.25, 0.3) is 21.3 Å². The van der Waals surface area contributed by atoms with Gasteiger partial charge in [-0.2, -0.15) is 0 Å². The molecule has 0 amide bonds. The Hall–Kier alpha value is -2.51. The van der Waals surface area contributed by atoms with E-state index in [2.05, 4.69) is 4.98 Å². The fraction of sp³-hybridized carbons (Fsp3) is 0.350. The van der Waals surface area contributed by atoms with Gasteiger partial charge in [-0.05, 0) is 5.56 Å². The van der Waals surface area contributed by atoms with Gasteiger partial charge in [-0.15, -0.1) is 11.3 Å². The van der Waals surface area contributed by atoms with E-state index in [-0.39, 0.29) is 17.4 Å². The molecule has 6 nitrogen and oxygen atoms in total. The third-order valence-corrected chi connectivity index (χ3v) is 6.09. The first-order valence-corrected chi connectivity index (χ1v) is 10.0. The first-order chi connectivity index (χ1) is 13.2. The summed E-state index contributed by atoms with van der Waals surface area (Å²) in [5.41, 5.74) is 1.88. The van der Waals surface area contributed by atoms with Crippen LogP contribution in [0.1, 0.15) is 18.7 Å². The molecule has 2 N–H and O–H groups in total. The number of fused-ring (bicyclic) bond motifs is 1. The second-order valence-electron chi connectivity index (χ2n) is 6.93. The third-order valence-electron chi connectivity index (χ3n) is 5.22. The number of ether oxygens (including phenoxy) is 1. The van der Waals surface area contributed by atoms with Crippen molar-refractivity contribution in [3.63, 3.8) is 0 Å². The topological polar surface area (TPSA) is 76.5 Å². The summed E-state index contributed by atoms with van der Waals surface area (Å²) in [7, 11) is 1.44. The van der Waals surface area contributed by atoms with Gasteiger partial charge in [0.1, 0.15) is 11.4 Å². The van der Waals surface area contributed by atoms with Crippen LogP contribution in [0.15, 0.2) is 40.5 Å². The van der Waals surface area contributed by atoms with Crippen molar-refractivity contribution < 1.29 is 14.4 Å². The Morgan fingerprint density at radius 1 is 1.30 bits per heavy atom. The van der Waals surface area contributed by atoms with Gasteiger partial charge in [0, 0.05) is 23.8 Å². The van der Waals surface area contributed by atoms with Gasteiger partial charge in [-0.1, -0.05) is 30.3 Å². The Balaban J connectivity index is 1.53. The molecule has 0 unspecified atom stereocenters. The van der Waals surface area contributed by atoms with Crippen LogP contribution in [0.2, 0.25) is 0 Å². The molecule has 1 aromatic carbocycles. The number of likely N-dealkylation sites (tertiary alicyclic amines) is 1. The van der Waals surface area contributed by atoms with Crippen LogP contribution < -0.4 is 10.5 Å². The maximum absolute atomic E-state index is 12.7. The second-order valence-corrected chi connectivity index (χ2v) is 7.79. The van der Waals surface area contributed by atoms with Crippen molar-refractivity contribution >= 4 is 27.5 Å². The Morgan fingerprint density at radius 3 is 2.74 bits per heavy atom. The van der Waals surface area contributed by atoms with Crippen LogP contribution in [0.4, 0.5) is 0 Å². The number of benzene rings is 1. The predicted octanol–water partition coefficient (Wildman–Crippen LogP) is 1.62. The van der Waals surface area contributed by atoms with Gasteiger partial charge in [0.25, 0.3) is 5.56 Å². The minimum Gasteiger partial charge on any atom is -0.469 e. The van der Waals surface area contributed by atoms with E-state index in [9.17, 15) is 9.59 Å². The zero-order chi connectivity index (χ0) is 18.8. The summed E-state index contributed by atoms with van der Waals surface area (Å²) in [6.45, 7) is 2.42. The minimum absolute atomic E-state index is 0.000958. The lowest BCUT2D eigenvalue weighted by Crippen LogP contribution is -3.12. The van der Waals surface area contributed by atoms with Crippen LogP contribution >= 0.6 is 11.3 Å². The highest BCUT2D eigenvalue weighted by molar-refractivity contribution is 7.17. The molecular formula is C20H22N3O3S+. The molecule has 1 saturated heterocycles. The van der Waals surface area contributed by atoms with Crippen molar-refractivity contribution in [1.82, 2.24) is 9.97 Å². The summed E-state index contributed by atoms with van der Waals surface area (Å²) in [6.07, 6.45) is 1.62. The number of H-pyrrole nitrogens is 1. The number of carbonyl (C=O) groups excluding carboxylic acids is 1. The number of methoxy groups -OCH3 is 1. The second kappa shape index (κ2) is 7.62. The lowest BCUT2D eigenvalue weighted by Gasteiger charge is -2.27. The number of thiophene rings is 1. The summed E-state index contributed by atoms with van der Waals surface area (Å²) < 4.78 is 4.84. The number of nitrogens with zero attached hydrogens (tertiary/aromatic N) is 1. The van der Waals surface area contributed by atoms with E-state index in [0.29, 0.717) is 17.8 Å². The van der Waals surface area contributed by atoms with Gasteiger partial charge in [0.05, 0.1) is 31.5 Å². The lowest BCUT2D eigenvalue weighted by atomic mass is 9.97. The third kappa shape index (κ3) is 3.65. The standard InChI is InChI=1S/C20H21N3O3S/c1-26-20(25)14-7-9-23(10-8-14)11-16-21-18(24)17-15(12-27-19(17)22-16)13-5-3-2-4-6-13/h2-6,12,14H,7-11H2,1H3,(H,21,22,24)/p+1. The highest BCUT2D eigenvalue weighted by Gasteiger charge is 2.28. The molecule has 1 fully saturated rings. The molecule has 2 aromatic heterocycles. The molecule has 1 aliphatic rings. The van der Waals surface area contributed by atoms with Crippen molar-refractivity contribution in [2.24, 2.45) is 5.92 Å². The number of nitrogens with one attached hydrogen (secondary N) is 2. The van der Waals surface area contributed by atoms with Crippen molar-refractivity contribution in [2.45, 2.75) is 19.4 Å². The summed E-state index contributed by atoms with van der Waals surface area (Å²) in [4.78, 5) is 34.1.